The Morgan fingerprint density at radius 3 is 2.66 bits per heavy atom. The number of amides is 1. The van der Waals surface area contributed by atoms with Gasteiger partial charge in [-0.1, -0.05) is 0 Å². The molecule has 5 heterocycles. The number of nitrogens with zero attached hydrogens (tertiary/aromatic N) is 9. The molecule has 11 nitrogen and oxygen atoms in total. The molecule has 2 atom stereocenters. The monoisotopic (exact) mass is 472 g/mol. The van der Waals surface area contributed by atoms with Crippen molar-refractivity contribution in [2.24, 2.45) is 7.05 Å². The quantitative estimate of drug-likeness (QED) is 0.426. The van der Waals surface area contributed by atoms with E-state index in [4.69, 9.17) is 0 Å². The number of rotatable bonds is 4. The van der Waals surface area contributed by atoms with Crippen LogP contribution in [0.2, 0.25) is 0 Å². The summed E-state index contributed by atoms with van der Waals surface area (Å²) in [6.07, 6.45) is 10.5. The van der Waals surface area contributed by atoms with Gasteiger partial charge in [-0.15, -0.1) is 9.90 Å². The number of carbonyl (C=O) groups is 1. The number of carbonyl (C=O) groups excluding carboxylic acids is 1. The van der Waals surface area contributed by atoms with Gasteiger partial charge in [0.15, 0.2) is 11.5 Å². The van der Waals surface area contributed by atoms with Crippen LogP contribution in [0.3, 0.4) is 0 Å². The first-order chi connectivity index (χ1) is 16.8. The fourth-order valence-electron chi connectivity index (χ4n) is 4.94. The minimum absolute atomic E-state index is 0.209. The Kier molecular flexibility index (Phi) is 4.53. The highest BCUT2D eigenvalue weighted by Gasteiger charge is 2.47. The van der Waals surface area contributed by atoms with E-state index in [9.17, 15) is 9.18 Å². The number of hydrogen-bond donors (Lipinski definition) is 1. The zero-order valence-corrected chi connectivity index (χ0v) is 19.2. The Bertz CT molecular complexity index is 1590. The summed E-state index contributed by atoms with van der Waals surface area (Å²) < 4.78 is 17.3. The molecule has 6 rings (SSSR count). The molecule has 0 unspecified atom stereocenters. The van der Waals surface area contributed by atoms with E-state index in [-0.39, 0.29) is 5.91 Å². The minimum atomic E-state index is -0.630. The molecule has 1 aliphatic carbocycles. The Labute approximate surface area is 198 Å². The Hall–Kier alpha value is -4.48. The van der Waals surface area contributed by atoms with Crippen LogP contribution in [-0.2, 0) is 17.3 Å². The van der Waals surface area contributed by atoms with Gasteiger partial charge < -0.3 is 5.32 Å². The molecule has 176 valence electrons. The summed E-state index contributed by atoms with van der Waals surface area (Å²) in [5.74, 6) is -0.790. The molecule has 0 aromatic carbocycles. The van der Waals surface area contributed by atoms with E-state index in [1.54, 1.807) is 35.7 Å². The van der Waals surface area contributed by atoms with E-state index in [1.165, 1.54) is 15.4 Å². The first-order valence-corrected chi connectivity index (χ1v) is 11.0. The van der Waals surface area contributed by atoms with Crippen molar-refractivity contribution in [2.75, 3.05) is 5.32 Å². The third-order valence-electron chi connectivity index (χ3n) is 6.58. The number of anilines is 1. The van der Waals surface area contributed by atoms with Crippen LogP contribution in [0.4, 0.5) is 10.1 Å². The van der Waals surface area contributed by atoms with Crippen LogP contribution in [0.25, 0.3) is 11.5 Å². The SMILES string of the molecule is Cc1cc(NC(=O)[C@@H]2C[C@](C)(c3cnn(C)c3)c3c2cnc2cc(F)nn32)cnc1-n1nccn1. The molecule has 1 amide bonds. The second-order valence-corrected chi connectivity index (χ2v) is 8.96. The molecule has 0 aliphatic heterocycles. The summed E-state index contributed by atoms with van der Waals surface area (Å²) in [4.78, 5) is 23.7. The molecule has 0 spiro atoms. The van der Waals surface area contributed by atoms with Crippen molar-refractivity contribution >= 4 is 17.2 Å². The minimum Gasteiger partial charge on any atom is -0.324 e. The maximum absolute atomic E-state index is 14.1. The number of fused-ring (bicyclic) bond motifs is 3. The lowest BCUT2D eigenvalue weighted by Crippen LogP contribution is -2.25. The number of hydrogen-bond acceptors (Lipinski definition) is 7. The van der Waals surface area contributed by atoms with Crippen LogP contribution >= 0.6 is 0 Å². The second-order valence-electron chi connectivity index (χ2n) is 8.96. The van der Waals surface area contributed by atoms with Crippen LogP contribution in [0.5, 0.6) is 0 Å². The van der Waals surface area contributed by atoms with Gasteiger partial charge in [0, 0.05) is 42.0 Å². The molecule has 35 heavy (non-hydrogen) atoms. The molecular weight excluding hydrogens is 451 g/mol. The fraction of sp³-hybridized carbons (Fsp3) is 0.261. The first kappa shape index (κ1) is 21.1. The zero-order valence-electron chi connectivity index (χ0n) is 19.2. The van der Waals surface area contributed by atoms with Gasteiger partial charge >= 0.3 is 0 Å². The molecule has 1 aliphatic rings. The van der Waals surface area contributed by atoms with Gasteiger partial charge in [-0.25, -0.2) is 14.5 Å². The van der Waals surface area contributed by atoms with Gasteiger partial charge in [-0.3, -0.25) is 9.48 Å². The molecule has 0 saturated carbocycles. The Morgan fingerprint density at radius 2 is 1.94 bits per heavy atom. The van der Waals surface area contributed by atoms with Crippen molar-refractivity contribution in [3.63, 3.8) is 0 Å². The van der Waals surface area contributed by atoms with E-state index in [0.29, 0.717) is 29.1 Å². The molecule has 5 aromatic rings. The number of aryl methyl sites for hydroxylation is 2. The number of nitrogens with one attached hydrogen (secondary N) is 1. The molecule has 12 heteroatoms. The molecule has 0 fully saturated rings. The van der Waals surface area contributed by atoms with E-state index in [0.717, 1.165) is 16.8 Å². The van der Waals surface area contributed by atoms with Gasteiger partial charge in [0.05, 0.1) is 42.1 Å². The summed E-state index contributed by atoms with van der Waals surface area (Å²) in [7, 11) is 1.83. The van der Waals surface area contributed by atoms with Crippen LogP contribution in [0, 0.1) is 12.9 Å². The second kappa shape index (κ2) is 7.52. The molecular formula is C23H21FN10O. The van der Waals surface area contributed by atoms with Crippen LogP contribution in [0.15, 0.2) is 49.3 Å². The Morgan fingerprint density at radius 1 is 1.14 bits per heavy atom. The molecule has 0 saturated heterocycles. The van der Waals surface area contributed by atoms with Crippen molar-refractivity contribution < 1.29 is 9.18 Å². The number of pyridine rings is 1. The van der Waals surface area contributed by atoms with Crippen LogP contribution in [-0.4, -0.2) is 50.3 Å². The van der Waals surface area contributed by atoms with E-state index in [1.807, 2.05) is 33.2 Å². The topological polar surface area (TPSA) is 121 Å². The molecule has 5 aromatic heterocycles. The number of halogens is 1. The average molecular weight is 472 g/mol. The summed E-state index contributed by atoms with van der Waals surface area (Å²) in [6, 6.07) is 3.10. The lowest BCUT2D eigenvalue weighted by atomic mass is 9.80. The van der Waals surface area contributed by atoms with Crippen molar-refractivity contribution in [3.05, 3.63) is 77.6 Å². The van der Waals surface area contributed by atoms with Gasteiger partial charge in [-0.2, -0.15) is 19.7 Å². The number of aromatic nitrogens is 9. The maximum atomic E-state index is 14.1. The summed E-state index contributed by atoms with van der Waals surface area (Å²) in [5.41, 5.74) is 3.46. The summed E-state index contributed by atoms with van der Waals surface area (Å²) in [5, 5.41) is 19.6. The lowest BCUT2D eigenvalue weighted by Gasteiger charge is -2.24. The summed E-state index contributed by atoms with van der Waals surface area (Å²) >= 11 is 0. The average Bonchev–Trinajstić information content (AvgIpc) is 3.60. The fourth-order valence-corrected chi connectivity index (χ4v) is 4.94. The van der Waals surface area contributed by atoms with E-state index < -0.39 is 17.3 Å². The predicted molar refractivity (Wildman–Crippen MR) is 122 cm³/mol. The van der Waals surface area contributed by atoms with E-state index >= 15 is 0 Å². The van der Waals surface area contributed by atoms with Gasteiger partial charge in [-0.05, 0) is 31.9 Å². The molecule has 1 N–H and O–H groups in total. The van der Waals surface area contributed by atoms with E-state index in [2.05, 4.69) is 35.7 Å². The third kappa shape index (κ3) is 3.28. The smallest absolute Gasteiger partial charge is 0.235 e. The standard InChI is InChI=1S/C23H21FN10O/c1-13-6-15(10-26-21(13)34-27-4-5-28-34)30-22(35)16-8-23(2,14-9-29-32(3)12-14)20-17(16)11-25-19-7-18(24)31-33(19)20/h4-7,9-12,16H,8H2,1-3H3,(H,30,35)/t16-,23-/m1/s1. The Balaban J connectivity index is 1.38. The van der Waals surface area contributed by atoms with Crippen molar-refractivity contribution in [3.8, 4) is 5.82 Å². The lowest BCUT2D eigenvalue weighted by molar-refractivity contribution is -0.117. The van der Waals surface area contributed by atoms with Crippen molar-refractivity contribution in [1.29, 1.82) is 0 Å². The normalized spacial score (nSPS) is 19.3. The predicted octanol–water partition coefficient (Wildman–Crippen LogP) is 2.32. The summed E-state index contributed by atoms with van der Waals surface area (Å²) in [6.45, 7) is 3.89. The molecule has 0 radical (unpaired) electrons. The largest absolute Gasteiger partial charge is 0.324 e. The zero-order chi connectivity index (χ0) is 24.3. The van der Waals surface area contributed by atoms with Crippen molar-refractivity contribution in [2.45, 2.75) is 31.6 Å². The maximum Gasteiger partial charge on any atom is 0.235 e. The van der Waals surface area contributed by atoms with Crippen LogP contribution in [0.1, 0.15) is 41.6 Å². The van der Waals surface area contributed by atoms with Gasteiger partial charge in [0.1, 0.15) is 0 Å². The third-order valence-corrected chi connectivity index (χ3v) is 6.58. The van der Waals surface area contributed by atoms with Gasteiger partial charge in [0.25, 0.3) is 0 Å². The van der Waals surface area contributed by atoms with Gasteiger partial charge in [0.2, 0.25) is 11.9 Å². The highest BCUT2D eigenvalue weighted by molar-refractivity contribution is 5.97. The van der Waals surface area contributed by atoms with Crippen LogP contribution < -0.4 is 5.32 Å². The van der Waals surface area contributed by atoms with Crippen molar-refractivity contribution in [1.82, 2.24) is 44.4 Å². The highest BCUT2D eigenvalue weighted by Crippen LogP contribution is 2.49. The molecule has 0 bridgehead atoms. The highest BCUT2D eigenvalue weighted by atomic mass is 19.1. The first-order valence-electron chi connectivity index (χ1n) is 11.0.